The summed E-state index contributed by atoms with van der Waals surface area (Å²) in [6.45, 7) is 2.45. The predicted octanol–water partition coefficient (Wildman–Crippen LogP) is 3.16. The van der Waals surface area contributed by atoms with Crippen molar-refractivity contribution in [2.75, 3.05) is 11.1 Å². The topological polar surface area (TPSA) is 97.4 Å². The molecule has 0 atom stereocenters. The number of nitrogens with one attached hydrogen (secondary N) is 2. The van der Waals surface area contributed by atoms with Crippen LogP contribution in [0.1, 0.15) is 38.3 Å². The molecule has 0 spiro atoms. The summed E-state index contributed by atoms with van der Waals surface area (Å²) < 4.78 is 33.0. The lowest BCUT2D eigenvalue weighted by Crippen LogP contribution is -2.41. The van der Waals surface area contributed by atoms with Crippen LogP contribution < -0.4 is 14.8 Å². The molecule has 0 unspecified atom stereocenters. The second-order valence-electron chi connectivity index (χ2n) is 7.15. The van der Waals surface area contributed by atoms with Crippen molar-refractivity contribution in [3.05, 3.63) is 40.8 Å². The molecule has 1 saturated carbocycles. The number of thiazole rings is 1. The highest BCUT2D eigenvalue weighted by atomic mass is 32.2. The highest BCUT2D eigenvalue weighted by molar-refractivity contribution is 7.90. The molecule has 3 rings (SSSR count). The number of carbonyl (C=O) groups is 1. The molecule has 28 heavy (non-hydrogen) atoms. The molecular weight excluding hydrogens is 398 g/mol. The van der Waals surface area contributed by atoms with Gasteiger partial charge in [-0.1, -0.05) is 19.1 Å². The maximum absolute atomic E-state index is 12.3. The van der Waals surface area contributed by atoms with Gasteiger partial charge in [-0.25, -0.2) is 18.1 Å². The molecule has 2 N–H and O–H groups in total. The smallest absolute Gasteiger partial charge is 0.241 e. The fourth-order valence-corrected chi connectivity index (χ4v) is 4.98. The Morgan fingerprint density at radius 2 is 2.00 bits per heavy atom. The largest absolute Gasteiger partial charge is 0.485 e. The number of sulfonamides is 1. The van der Waals surface area contributed by atoms with Gasteiger partial charge in [-0.15, -0.1) is 11.3 Å². The van der Waals surface area contributed by atoms with Gasteiger partial charge in [0.2, 0.25) is 15.9 Å². The minimum absolute atomic E-state index is 0.0808. The number of hydrogen-bond acceptors (Lipinski definition) is 6. The highest BCUT2D eigenvalue weighted by Crippen LogP contribution is 2.25. The quantitative estimate of drug-likeness (QED) is 0.680. The minimum Gasteiger partial charge on any atom is -0.485 e. The summed E-state index contributed by atoms with van der Waals surface area (Å²) in [5.41, 5.74) is 2.95. The Bertz CT molecular complexity index is 876. The monoisotopic (exact) mass is 423 g/mol. The van der Waals surface area contributed by atoms with Gasteiger partial charge in [0.05, 0.1) is 16.9 Å². The van der Waals surface area contributed by atoms with Gasteiger partial charge in [0.15, 0.2) is 0 Å². The summed E-state index contributed by atoms with van der Waals surface area (Å²) in [6, 6.07) is 6.85. The summed E-state index contributed by atoms with van der Waals surface area (Å²) in [4.78, 5) is 16.5. The Labute approximate surface area is 169 Å². The predicted molar refractivity (Wildman–Crippen MR) is 110 cm³/mol. The zero-order valence-electron chi connectivity index (χ0n) is 15.8. The Kier molecular flexibility index (Phi) is 7.03. The van der Waals surface area contributed by atoms with E-state index in [1.165, 1.54) is 11.3 Å². The Hall–Kier alpha value is -1.97. The van der Waals surface area contributed by atoms with Crippen LogP contribution in [0.4, 0.5) is 5.69 Å². The first-order valence-electron chi connectivity index (χ1n) is 9.30. The SMILES string of the molecule is CC1CCC(NS(=O)(=O)CC(=O)Nc2ccccc2OCc2cscn2)CC1. The molecule has 2 aromatic rings. The lowest BCUT2D eigenvalue weighted by molar-refractivity contribution is -0.113. The summed E-state index contributed by atoms with van der Waals surface area (Å²) in [5.74, 6) is -0.110. The average Bonchev–Trinajstić information content (AvgIpc) is 3.16. The van der Waals surface area contributed by atoms with Gasteiger partial charge >= 0.3 is 0 Å². The molecule has 0 radical (unpaired) electrons. The standard InChI is InChI=1S/C19H25N3O4S2/c1-14-6-8-15(9-7-14)22-28(24,25)12-19(23)21-17-4-2-3-5-18(17)26-10-16-11-27-13-20-16/h2-5,11,13-15,22H,6-10,12H2,1H3,(H,21,23). The van der Waals surface area contributed by atoms with E-state index in [4.69, 9.17) is 4.74 Å². The number of nitrogens with zero attached hydrogens (tertiary/aromatic N) is 1. The minimum atomic E-state index is -3.69. The van der Waals surface area contributed by atoms with E-state index in [9.17, 15) is 13.2 Å². The van der Waals surface area contributed by atoms with Crippen molar-refractivity contribution in [3.63, 3.8) is 0 Å². The van der Waals surface area contributed by atoms with Crippen molar-refractivity contribution in [2.24, 2.45) is 5.92 Å². The highest BCUT2D eigenvalue weighted by Gasteiger charge is 2.25. The third kappa shape index (κ3) is 6.29. The first kappa shape index (κ1) is 20.8. The Morgan fingerprint density at radius 1 is 1.25 bits per heavy atom. The average molecular weight is 424 g/mol. The molecule has 152 valence electrons. The van der Waals surface area contributed by atoms with Crippen LogP contribution in [0.3, 0.4) is 0 Å². The molecule has 0 aliphatic heterocycles. The number of rotatable bonds is 8. The van der Waals surface area contributed by atoms with E-state index >= 15 is 0 Å². The van der Waals surface area contributed by atoms with Gasteiger partial charge in [-0.05, 0) is 43.7 Å². The molecule has 1 aliphatic rings. The fraction of sp³-hybridized carbons (Fsp3) is 0.474. The van der Waals surface area contributed by atoms with Crippen LogP contribution in [0, 0.1) is 5.92 Å². The molecule has 7 nitrogen and oxygen atoms in total. The number of benzene rings is 1. The zero-order valence-corrected chi connectivity index (χ0v) is 17.4. The maximum Gasteiger partial charge on any atom is 0.241 e. The third-order valence-electron chi connectivity index (χ3n) is 4.70. The van der Waals surface area contributed by atoms with Crippen LogP contribution in [-0.2, 0) is 21.4 Å². The van der Waals surface area contributed by atoms with E-state index in [1.807, 2.05) is 5.38 Å². The van der Waals surface area contributed by atoms with Gasteiger partial charge < -0.3 is 10.1 Å². The van der Waals surface area contributed by atoms with E-state index in [0.717, 1.165) is 31.4 Å². The van der Waals surface area contributed by atoms with Crippen LogP contribution in [0.2, 0.25) is 0 Å². The second kappa shape index (κ2) is 9.49. The molecule has 0 bridgehead atoms. The van der Waals surface area contributed by atoms with Crippen LogP contribution in [0.25, 0.3) is 0 Å². The molecule has 0 saturated heterocycles. The molecule has 1 amide bonds. The van der Waals surface area contributed by atoms with Crippen molar-refractivity contribution in [2.45, 2.75) is 45.3 Å². The molecule has 9 heteroatoms. The molecule has 1 aromatic heterocycles. The summed E-state index contributed by atoms with van der Waals surface area (Å²) in [5, 5.41) is 4.52. The van der Waals surface area contributed by atoms with Gasteiger partial charge in [-0.2, -0.15) is 0 Å². The van der Waals surface area contributed by atoms with Gasteiger partial charge in [0.25, 0.3) is 0 Å². The number of hydrogen-bond donors (Lipinski definition) is 2. The number of amides is 1. The zero-order chi connectivity index (χ0) is 20.0. The molecule has 1 heterocycles. The lowest BCUT2D eigenvalue weighted by atomic mass is 9.88. The number of ether oxygens (including phenoxy) is 1. The van der Waals surface area contributed by atoms with Crippen LogP contribution in [0.5, 0.6) is 5.75 Å². The molecule has 1 fully saturated rings. The van der Waals surface area contributed by atoms with E-state index in [1.54, 1.807) is 29.8 Å². The normalized spacial score (nSPS) is 19.9. The number of aromatic nitrogens is 1. The van der Waals surface area contributed by atoms with Crippen molar-refractivity contribution in [1.29, 1.82) is 0 Å². The van der Waals surface area contributed by atoms with Crippen LogP contribution in [-0.4, -0.2) is 31.1 Å². The number of carbonyl (C=O) groups excluding carboxylic acids is 1. The lowest BCUT2D eigenvalue weighted by Gasteiger charge is -2.26. The third-order valence-corrected chi connectivity index (χ3v) is 6.67. The van der Waals surface area contributed by atoms with Crippen molar-refractivity contribution in [3.8, 4) is 5.75 Å². The van der Waals surface area contributed by atoms with Gasteiger partial charge in [0.1, 0.15) is 18.1 Å². The van der Waals surface area contributed by atoms with Gasteiger partial charge in [0, 0.05) is 11.4 Å². The summed E-state index contributed by atoms with van der Waals surface area (Å²) in [6.07, 6.45) is 3.64. The molecule has 1 aliphatic carbocycles. The number of para-hydroxylation sites is 2. The second-order valence-corrected chi connectivity index (χ2v) is 9.62. The van der Waals surface area contributed by atoms with E-state index in [2.05, 4.69) is 21.9 Å². The van der Waals surface area contributed by atoms with E-state index in [-0.39, 0.29) is 12.6 Å². The van der Waals surface area contributed by atoms with Crippen molar-refractivity contribution in [1.82, 2.24) is 9.71 Å². The van der Waals surface area contributed by atoms with E-state index in [0.29, 0.717) is 17.4 Å². The van der Waals surface area contributed by atoms with Crippen LogP contribution >= 0.6 is 11.3 Å². The van der Waals surface area contributed by atoms with Crippen LogP contribution in [0.15, 0.2) is 35.2 Å². The summed E-state index contributed by atoms with van der Waals surface area (Å²) >= 11 is 1.48. The molecular formula is C19H25N3O4S2. The number of anilines is 1. The van der Waals surface area contributed by atoms with Crippen molar-refractivity contribution >= 4 is 33.0 Å². The summed E-state index contributed by atoms with van der Waals surface area (Å²) in [7, 11) is -3.69. The molecule has 1 aromatic carbocycles. The Morgan fingerprint density at radius 3 is 2.71 bits per heavy atom. The van der Waals surface area contributed by atoms with Crippen molar-refractivity contribution < 1.29 is 17.9 Å². The van der Waals surface area contributed by atoms with Gasteiger partial charge in [-0.3, -0.25) is 4.79 Å². The first-order valence-corrected chi connectivity index (χ1v) is 11.9. The van der Waals surface area contributed by atoms with E-state index < -0.39 is 21.7 Å². The maximum atomic E-state index is 12.3. The Balaban J connectivity index is 1.55. The fourth-order valence-electron chi connectivity index (χ4n) is 3.19. The first-order chi connectivity index (χ1) is 13.4.